The van der Waals surface area contributed by atoms with Crippen molar-refractivity contribution in [1.82, 2.24) is 9.80 Å². The third-order valence-corrected chi connectivity index (χ3v) is 4.32. The van der Waals surface area contributed by atoms with Gasteiger partial charge in [-0.2, -0.15) is 0 Å². The number of carbonyl (C=O) groups excluding carboxylic acids is 2. The highest BCUT2D eigenvalue weighted by Gasteiger charge is 2.31. The van der Waals surface area contributed by atoms with Gasteiger partial charge in [0.15, 0.2) is 0 Å². The second-order valence-electron chi connectivity index (χ2n) is 6.32. The molecule has 2 saturated heterocycles. The number of hydrogen-bond donors (Lipinski definition) is 2. The molecule has 0 spiro atoms. The molecule has 2 fully saturated rings. The van der Waals surface area contributed by atoms with Gasteiger partial charge in [0.05, 0.1) is 13.2 Å². The van der Waals surface area contributed by atoms with Gasteiger partial charge >= 0.3 is 0 Å². The van der Waals surface area contributed by atoms with E-state index in [9.17, 15) is 14.7 Å². The number of piperidine rings is 1. The van der Waals surface area contributed by atoms with E-state index in [0.29, 0.717) is 19.0 Å². The number of morpholine rings is 1. The van der Waals surface area contributed by atoms with Gasteiger partial charge in [-0.3, -0.25) is 14.5 Å². The van der Waals surface area contributed by atoms with Crippen LogP contribution in [0.3, 0.4) is 0 Å². The third kappa shape index (κ3) is 6.06. The van der Waals surface area contributed by atoms with Gasteiger partial charge in [-0.15, -0.1) is 0 Å². The Hall–Kier alpha value is -1.22. The van der Waals surface area contributed by atoms with Gasteiger partial charge < -0.3 is 25.2 Å². The Morgan fingerprint density at radius 2 is 1.87 bits per heavy atom. The van der Waals surface area contributed by atoms with Gasteiger partial charge in [-0.1, -0.05) is 0 Å². The van der Waals surface area contributed by atoms with Crippen LogP contribution in [0, 0.1) is 11.8 Å². The van der Waals surface area contributed by atoms with Crippen LogP contribution in [0.4, 0.5) is 0 Å². The predicted octanol–water partition coefficient (Wildman–Crippen LogP) is -1.72. The number of carbonyl (C=O) groups is 2. The zero-order valence-electron chi connectivity index (χ0n) is 13.5. The second kappa shape index (κ2) is 9.17. The molecule has 0 bridgehead atoms. The number of amides is 2. The highest BCUT2D eigenvalue weighted by molar-refractivity contribution is 5.79. The van der Waals surface area contributed by atoms with E-state index in [2.05, 4.69) is 4.90 Å². The molecule has 0 radical (unpaired) electrons. The molecule has 8 nitrogen and oxygen atoms in total. The Bertz CT molecular complexity index is 401. The highest BCUT2D eigenvalue weighted by atomic mass is 16.5. The minimum Gasteiger partial charge on any atom is -0.396 e. The average molecular weight is 329 g/mol. The Morgan fingerprint density at radius 1 is 1.17 bits per heavy atom. The Morgan fingerprint density at radius 3 is 2.52 bits per heavy atom. The fourth-order valence-corrected chi connectivity index (χ4v) is 3.27. The number of hydrogen-bond acceptors (Lipinski definition) is 6. The Balaban J connectivity index is 1.83. The van der Waals surface area contributed by atoms with Gasteiger partial charge in [0.1, 0.15) is 13.2 Å². The van der Waals surface area contributed by atoms with E-state index in [1.807, 2.05) is 0 Å². The van der Waals surface area contributed by atoms with Crippen LogP contribution in [0.15, 0.2) is 0 Å². The van der Waals surface area contributed by atoms with E-state index in [1.54, 1.807) is 4.90 Å². The molecule has 0 aromatic heterocycles. The summed E-state index contributed by atoms with van der Waals surface area (Å²) in [6.45, 7) is 5.11. The highest BCUT2D eigenvalue weighted by Crippen LogP contribution is 2.23. The number of ether oxygens (including phenoxy) is 2. The van der Waals surface area contributed by atoms with Crippen molar-refractivity contribution in [3.8, 4) is 0 Å². The van der Waals surface area contributed by atoms with Crippen molar-refractivity contribution in [3.05, 3.63) is 0 Å². The molecule has 2 rings (SSSR count). The van der Waals surface area contributed by atoms with Crippen LogP contribution < -0.4 is 5.73 Å². The van der Waals surface area contributed by atoms with Crippen molar-refractivity contribution >= 4 is 11.8 Å². The maximum atomic E-state index is 12.2. The van der Waals surface area contributed by atoms with Crippen LogP contribution >= 0.6 is 0 Å². The number of rotatable bonds is 7. The minimum absolute atomic E-state index is 0.0749. The lowest BCUT2D eigenvalue weighted by molar-refractivity contribution is -0.141. The minimum atomic E-state index is -0.588. The normalized spacial score (nSPS) is 26.2. The smallest absolute Gasteiger partial charge is 0.248 e. The van der Waals surface area contributed by atoms with Crippen LogP contribution in [0.25, 0.3) is 0 Å². The van der Waals surface area contributed by atoms with E-state index in [4.69, 9.17) is 15.2 Å². The maximum absolute atomic E-state index is 12.2. The fourth-order valence-electron chi connectivity index (χ4n) is 3.27. The molecular formula is C15H27N3O5. The molecule has 0 aliphatic carbocycles. The van der Waals surface area contributed by atoms with Crippen molar-refractivity contribution in [2.24, 2.45) is 17.6 Å². The first kappa shape index (κ1) is 18.1. The summed E-state index contributed by atoms with van der Waals surface area (Å²) < 4.78 is 10.4. The van der Waals surface area contributed by atoms with Gasteiger partial charge in [0.2, 0.25) is 11.8 Å². The van der Waals surface area contributed by atoms with E-state index >= 15 is 0 Å². The first-order valence-electron chi connectivity index (χ1n) is 8.13. The molecule has 2 amide bonds. The predicted molar refractivity (Wildman–Crippen MR) is 82.5 cm³/mol. The zero-order chi connectivity index (χ0) is 16.7. The molecule has 2 heterocycles. The van der Waals surface area contributed by atoms with Crippen LogP contribution in [0.1, 0.15) is 6.42 Å². The van der Waals surface area contributed by atoms with Crippen molar-refractivity contribution in [1.29, 1.82) is 0 Å². The van der Waals surface area contributed by atoms with Crippen molar-refractivity contribution in [2.45, 2.75) is 6.42 Å². The van der Waals surface area contributed by atoms with Crippen LogP contribution in [0.2, 0.25) is 0 Å². The molecule has 0 saturated carbocycles. The molecule has 2 aliphatic rings. The summed E-state index contributed by atoms with van der Waals surface area (Å²) in [6.07, 6.45) is 0.916. The van der Waals surface area contributed by atoms with Gasteiger partial charge in [0.25, 0.3) is 0 Å². The first-order valence-corrected chi connectivity index (χ1v) is 8.13. The van der Waals surface area contributed by atoms with Gasteiger partial charge in [-0.25, -0.2) is 0 Å². The standard InChI is InChI=1S/C15H27N3O5/c16-14(20)10-23-11-15(21)18-7-12(5-13(8-18)9-19)6-17-1-3-22-4-2-17/h12-13,19H,1-11H2,(H2,16,20)/t12-,13-/m1/s1. The van der Waals surface area contributed by atoms with Crippen LogP contribution in [-0.2, 0) is 19.1 Å². The van der Waals surface area contributed by atoms with Gasteiger partial charge in [-0.05, 0) is 18.3 Å². The summed E-state index contributed by atoms with van der Waals surface area (Å²) in [6, 6.07) is 0. The molecule has 0 aromatic rings. The fraction of sp³-hybridized carbons (Fsp3) is 0.867. The molecule has 23 heavy (non-hydrogen) atoms. The molecule has 8 heteroatoms. The number of aliphatic hydroxyl groups is 1. The molecule has 2 atom stereocenters. The summed E-state index contributed by atoms with van der Waals surface area (Å²) in [4.78, 5) is 26.9. The number of likely N-dealkylation sites (tertiary alicyclic amines) is 1. The second-order valence-corrected chi connectivity index (χ2v) is 6.32. The van der Waals surface area contributed by atoms with E-state index < -0.39 is 5.91 Å². The van der Waals surface area contributed by atoms with Crippen molar-refractivity contribution in [2.75, 3.05) is 65.8 Å². The van der Waals surface area contributed by atoms with Crippen LogP contribution in [-0.4, -0.2) is 92.5 Å². The zero-order valence-corrected chi connectivity index (χ0v) is 13.5. The molecular weight excluding hydrogens is 302 g/mol. The summed E-state index contributed by atoms with van der Waals surface area (Å²) >= 11 is 0. The van der Waals surface area contributed by atoms with E-state index in [0.717, 1.165) is 39.3 Å². The summed E-state index contributed by atoms with van der Waals surface area (Å²) in [5.74, 6) is -0.319. The lowest BCUT2D eigenvalue weighted by Gasteiger charge is -2.40. The third-order valence-electron chi connectivity index (χ3n) is 4.32. The SMILES string of the molecule is NC(=O)COCC(=O)N1C[C@H](CO)C[C@H](CN2CCOCC2)C1. The number of nitrogens with zero attached hydrogens (tertiary/aromatic N) is 2. The number of aliphatic hydroxyl groups excluding tert-OH is 1. The lowest BCUT2D eigenvalue weighted by atomic mass is 9.89. The summed E-state index contributed by atoms with van der Waals surface area (Å²) in [5, 5.41) is 9.50. The Kier molecular flexibility index (Phi) is 7.22. The van der Waals surface area contributed by atoms with Gasteiger partial charge in [0, 0.05) is 39.3 Å². The van der Waals surface area contributed by atoms with E-state index in [1.165, 1.54) is 0 Å². The largest absolute Gasteiger partial charge is 0.396 e. The molecule has 2 aliphatic heterocycles. The lowest BCUT2D eigenvalue weighted by Crippen LogP contribution is -2.50. The van der Waals surface area contributed by atoms with Crippen LogP contribution in [0.5, 0.6) is 0 Å². The number of primary amides is 1. The molecule has 132 valence electrons. The van der Waals surface area contributed by atoms with E-state index in [-0.39, 0.29) is 31.6 Å². The number of nitrogens with two attached hydrogens (primary N) is 1. The van der Waals surface area contributed by atoms with Crippen molar-refractivity contribution < 1.29 is 24.2 Å². The first-order chi connectivity index (χ1) is 11.1. The molecule has 0 unspecified atom stereocenters. The molecule has 0 aromatic carbocycles. The maximum Gasteiger partial charge on any atom is 0.248 e. The quantitative estimate of drug-likeness (QED) is 0.575. The summed E-state index contributed by atoms with van der Waals surface area (Å²) in [7, 11) is 0. The summed E-state index contributed by atoms with van der Waals surface area (Å²) in [5.41, 5.74) is 4.99. The molecule has 3 N–H and O–H groups in total. The topological polar surface area (TPSA) is 105 Å². The average Bonchev–Trinajstić information content (AvgIpc) is 2.55. The monoisotopic (exact) mass is 329 g/mol. The van der Waals surface area contributed by atoms with Crippen molar-refractivity contribution in [3.63, 3.8) is 0 Å². The Labute approximate surface area is 136 Å².